The molecular formula is C19H22N4O3S. The van der Waals surface area contributed by atoms with Gasteiger partial charge in [-0.25, -0.2) is 4.79 Å². The van der Waals surface area contributed by atoms with Gasteiger partial charge in [0.05, 0.1) is 4.88 Å². The summed E-state index contributed by atoms with van der Waals surface area (Å²) in [4.78, 5) is 38.9. The average molecular weight is 386 g/mol. The Balaban J connectivity index is 1.65. The molecule has 8 heteroatoms. The van der Waals surface area contributed by atoms with Gasteiger partial charge in [0.1, 0.15) is 6.04 Å². The Kier molecular flexibility index (Phi) is 5.75. The molecule has 1 aliphatic rings. The van der Waals surface area contributed by atoms with Crippen LogP contribution < -0.4 is 20.9 Å². The molecule has 2 heterocycles. The zero-order chi connectivity index (χ0) is 19.4. The number of hydrogen-bond acceptors (Lipinski definition) is 4. The van der Waals surface area contributed by atoms with Crippen LogP contribution in [-0.4, -0.2) is 37.0 Å². The van der Waals surface area contributed by atoms with E-state index >= 15 is 0 Å². The Bertz CT molecular complexity index is 818. The van der Waals surface area contributed by atoms with Gasteiger partial charge in [0.15, 0.2) is 0 Å². The third-order valence-electron chi connectivity index (χ3n) is 4.28. The van der Waals surface area contributed by atoms with Crippen LogP contribution >= 0.6 is 11.3 Å². The van der Waals surface area contributed by atoms with Gasteiger partial charge < -0.3 is 16.0 Å². The third kappa shape index (κ3) is 4.46. The molecule has 3 N–H and O–H groups in total. The van der Waals surface area contributed by atoms with Crippen LogP contribution in [0.1, 0.15) is 23.5 Å². The topological polar surface area (TPSA) is 90.5 Å². The molecule has 1 unspecified atom stereocenters. The number of amides is 4. The van der Waals surface area contributed by atoms with E-state index in [2.05, 4.69) is 16.0 Å². The van der Waals surface area contributed by atoms with Crippen LogP contribution in [0.15, 0.2) is 41.8 Å². The van der Waals surface area contributed by atoms with Crippen molar-refractivity contribution in [2.75, 3.05) is 23.3 Å². The van der Waals surface area contributed by atoms with E-state index in [4.69, 9.17) is 0 Å². The summed E-state index contributed by atoms with van der Waals surface area (Å²) in [6, 6.07) is 9.82. The van der Waals surface area contributed by atoms with E-state index in [-0.39, 0.29) is 23.8 Å². The van der Waals surface area contributed by atoms with Crippen molar-refractivity contribution in [2.45, 2.75) is 19.9 Å². The highest BCUT2D eigenvalue weighted by Crippen LogP contribution is 2.20. The summed E-state index contributed by atoms with van der Waals surface area (Å²) in [5.74, 6) is -0.600. The minimum absolute atomic E-state index is 0.0681. The number of hydrogen-bond donors (Lipinski definition) is 3. The Morgan fingerprint density at radius 2 is 1.93 bits per heavy atom. The lowest BCUT2D eigenvalue weighted by Crippen LogP contribution is -2.46. The van der Waals surface area contributed by atoms with Crippen molar-refractivity contribution in [3.63, 3.8) is 0 Å². The van der Waals surface area contributed by atoms with E-state index in [1.165, 1.54) is 11.3 Å². The minimum Gasteiger partial charge on any atom is -0.339 e. The number of urea groups is 1. The van der Waals surface area contributed by atoms with E-state index < -0.39 is 6.04 Å². The van der Waals surface area contributed by atoms with Gasteiger partial charge in [-0.1, -0.05) is 19.9 Å². The maximum atomic E-state index is 12.7. The van der Waals surface area contributed by atoms with E-state index in [1.54, 1.807) is 41.3 Å². The van der Waals surface area contributed by atoms with Crippen LogP contribution in [0.2, 0.25) is 0 Å². The van der Waals surface area contributed by atoms with Crippen molar-refractivity contribution in [3.05, 3.63) is 46.7 Å². The highest BCUT2D eigenvalue weighted by atomic mass is 32.1. The lowest BCUT2D eigenvalue weighted by molar-refractivity contribution is -0.118. The predicted molar refractivity (Wildman–Crippen MR) is 106 cm³/mol. The van der Waals surface area contributed by atoms with Crippen molar-refractivity contribution < 1.29 is 14.4 Å². The van der Waals surface area contributed by atoms with Gasteiger partial charge in [0.2, 0.25) is 5.91 Å². The maximum Gasteiger partial charge on any atom is 0.321 e. The first-order chi connectivity index (χ1) is 13.0. The summed E-state index contributed by atoms with van der Waals surface area (Å²) < 4.78 is 0. The van der Waals surface area contributed by atoms with Crippen LogP contribution in [0.4, 0.5) is 16.2 Å². The second-order valence-electron chi connectivity index (χ2n) is 6.59. The number of benzene rings is 1. The Hall–Kier alpha value is -2.87. The Morgan fingerprint density at radius 3 is 2.48 bits per heavy atom. The van der Waals surface area contributed by atoms with Crippen molar-refractivity contribution >= 4 is 40.6 Å². The van der Waals surface area contributed by atoms with Gasteiger partial charge in [-0.15, -0.1) is 11.3 Å². The fraction of sp³-hybridized carbons (Fsp3) is 0.316. The van der Waals surface area contributed by atoms with Gasteiger partial charge in [-0.05, 0) is 41.6 Å². The summed E-state index contributed by atoms with van der Waals surface area (Å²) >= 11 is 1.33. The minimum atomic E-state index is -0.649. The summed E-state index contributed by atoms with van der Waals surface area (Å²) in [6.45, 7) is 5.01. The van der Waals surface area contributed by atoms with Crippen LogP contribution in [0.5, 0.6) is 0 Å². The number of rotatable bonds is 6. The number of anilines is 2. The van der Waals surface area contributed by atoms with E-state index in [0.29, 0.717) is 23.7 Å². The van der Waals surface area contributed by atoms with Gasteiger partial charge in [-0.2, -0.15) is 0 Å². The molecule has 142 valence electrons. The molecule has 1 aliphatic heterocycles. The molecule has 0 radical (unpaired) electrons. The molecule has 27 heavy (non-hydrogen) atoms. The number of carbonyl (C=O) groups is 3. The molecule has 0 bridgehead atoms. The van der Waals surface area contributed by atoms with E-state index in [0.717, 1.165) is 5.69 Å². The van der Waals surface area contributed by atoms with Crippen molar-refractivity contribution in [3.8, 4) is 0 Å². The molecule has 1 fully saturated rings. The predicted octanol–water partition coefficient (Wildman–Crippen LogP) is 2.67. The van der Waals surface area contributed by atoms with Crippen LogP contribution in [0, 0.1) is 5.92 Å². The highest BCUT2D eigenvalue weighted by Gasteiger charge is 2.25. The largest absolute Gasteiger partial charge is 0.339 e. The monoisotopic (exact) mass is 386 g/mol. The van der Waals surface area contributed by atoms with Crippen molar-refractivity contribution in [1.82, 2.24) is 10.6 Å². The Morgan fingerprint density at radius 1 is 1.19 bits per heavy atom. The maximum absolute atomic E-state index is 12.7. The molecule has 0 saturated carbocycles. The first kappa shape index (κ1) is 18.9. The van der Waals surface area contributed by atoms with E-state index in [1.807, 2.05) is 19.2 Å². The molecular weight excluding hydrogens is 364 g/mol. The fourth-order valence-electron chi connectivity index (χ4n) is 2.82. The summed E-state index contributed by atoms with van der Waals surface area (Å²) in [7, 11) is 0. The van der Waals surface area contributed by atoms with E-state index in [9.17, 15) is 14.4 Å². The molecule has 3 rings (SSSR count). The van der Waals surface area contributed by atoms with Crippen LogP contribution in [-0.2, 0) is 4.79 Å². The number of nitrogens with zero attached hydrogens (tertiary/aromatic N) is 1. The normalized spacial score (nSPS) is 14.8. The first-order valence-corrected chi connectivity index (χ1v) is 9.64. The van der Waals surface area contributed by atoms with Crippen molar-refractivity contribution in [1.29, 1.82) is 0 Å². The van der Waals surface area contributed by atoms with Gasteiger partial charge >= 0.3 is 6.03 Å². The lowest BCUT2D eigenvalue weighted by Gasteiger charge is -2.21. The number of nitrogens with one attached hydrogen (secondary N) is 3. The van der Waals surface area contributed by atoms with Crippen LogP contribution in [0.3, 0.4) is 0 Å². The molecule has 1 atom stereocenters. The van der Waals surface area contributed by atoms with Gasteiger partial charge in [-0.3, -0.25) is 14.5 Å². The lowest BCUT2D eigenvalue weighted by atomic mass is 10.0. The molecule has 0 aliphatic carbocycles. The molecule has 1 saturated heterocycles. The molecule has 1 aromatic carbocycles. The van der Waals surface area contributed by atoms with Crippen molar-refractivity contribution in [2.24, 2.45) is 5.92 Å². The quantitative estimate of drug-likeness (QED) is 0.713. The highest BCUT2D eigenvalue weighted by molar-refractivity contribution is 7.12. The zero-order valence-electron chi connectivity index (χ0n) is 15.2. The summed E-state index contributed by atoms with van der Waals surface area (Å²) in [6.07, 6.45) is 0. The molecule has 1 aromatic heterocycles. The SMILES string of the molecule is CC(C)C(NC(=O)c1cccs1)C(=O)Nc1ccc(N2CCNC2=O)cc1. The first-order valence-electron chi connectivity index (χ1n) is 8.76. The van der Waals surface area contributed by atoms with Gasteiger partial charge in [0, 0.05) is 24.5 Å². The number of carbonyl (C=O) groups excluding carboxylic acids is 3. The standard InChI is InChI=1S/C19H22N4O3S/c1-12(2)16(22-17(24)15-4-3-11-27-15)18(25)21-13-5-7-14(8-6-13)23-10-9-20-19(23)26/h3-8,11-12,16H,9-10H2,1-2H3,(H,20,26)(H,21,25)(H,22,24). The summed E-state index contributed by atoms with van der Waals surface area (Å²) in [5, 5.41) is 10.2. The zero-order valence-corrected chi connectivity index (χ0v) is 16.0. The molecule has 4 amide bonds. The molecule has 7 nitrogen and oxygen atoms in total. The molecule has 2 aromatic rings. The van der Waals surface area contributed by atoms with Crippen LogP contribution in [0.25, 0.3) is 0 Å². The Labute approximate surface area is 161 Å². The second-order valence-corrected chi connectivity index (χ2v) is 7.54. The molecule has 0 spiro atoms. The second kappa shape index (κ2) is 8.22. The number of thiophene rings is 1. The smallest absolute Gasteiger partial charge is 0.321 e. The summed E-state index contributed by atoms with van der Waals surface area (Å²) in [5.41, 5.74) is 1.38. The third-order valence-corrected chi connectivity index (χ3v) is 5.15. The average Bonchev–Trinajstić information content (AvgIpc) is 3.31. The fourth-order valence-corrected chi connectivity index (χ4v) is 3.44. The van der Waals surface area contributed by atoms with Gasteiger partial charge in [0.25, 0.3) is 5.91 Å².